The van der Waals surface area contributed by atoms with Crippen molar-refractivity contribution >= 4 is 72.4 Å². The number of nitrogens with one attached hydrogen (secondary N) is 2. The predicted octanol–water partition coefficient (Wildman–Crippen LogP) is 10.8. The van der Waals surface area contributed by atoms with Crippen LogP contribution in [0.4, 0.5) is 42.5 Å². The van der Waals surface area contributed by atoms with Crippen molar-refractivity contribution in [3.05, 3.63) is 85.9 Å². The molecule has 8 rings (SSSR count). The number of hydrogen-bond donors (Lipinski definition) is 3. The molecule has 4 aromatic heterocycles. The molecule has 19 heteroatoms. The van der Waals surface area contributed by atoms with E-state index in [4.69, 9.17) is 10.00 Å². The Kier molecular flexibility index (Phi) is 14.7. The summed E-state index contributed by atoms with van der Waals surface area (Å²) in [6.07, 6.45) is -2.29. The highest BCUT2D eigenvalue weighted by Crippen LogP contribution is 2.38. The zero-order chi connectivity index (χ0) is 47.6. The number of ether oxygens (including phenoxy) is 1. The van der Waals surface area contributed by atoms with E-state index in [-0.39, 0.29) is 40.3 Å². The maximum atomic E-state index is 12.9. The van der Waals surface area contributed by atoms with Crippen LogP contribution in [0.1, 0.15) is 95.7 Å². The van der Waals surface area contributed by atoms with E-state index >= 15 is 0 Å². The molecule has 2 fully saturated rings. The van der Waals surface area contributed by atoms with Gasteiger partial charge in [-0.3, -0.25) is 9.69 Å². The summed E-state index contributed by atoms with van der Waals surface area (Å²) in [6, 6.07) is 11.8. The number of Topliss-reactive ketones (excluding diaryl/α,β-unsaturated/α-hetero) is 1. The number of thiophene rings is 2. The number of aliphatic hydroxyl groups is 1. The first-order chi connectivity index (χ1) is 31.1. The number of likely N-dealkylation sites (tertiary alicyclic amines) is 2. The van der Waals surface area contributed by atoms with Crippen molar-refractivity contribution in [2.75, 3.05) is 36.8 Å². The standard InChI is InChI=1S/C26H25F3N4OS.C21H26F3N3O3S/c27-26(28,29)11-22-10-23-24(20(15-34)13-31-25(23)35-22)32-21-3-5-33(6-4-21)14-16-1-2-18-8-17(12-30)9-19(18)7-16;1-12(28)16-11-25-18-15(9-14(31-18)10-21(22,23)24)17(16)26-13-5-7-27(8-6-13)19(29)30-20(2,3)4/h1-2,7,9-10,13,21,34H,3-6,8,11,14-15H2,(H,31,32);9,11,13H,5-8,10H2,1-4H3,(H,25,26). The third-order valence-electron chi connectivity index (χ3n) is 11.5. The monoisotopic (exact) mass is 955 g/mol. The van der Waals surface area contributed by atoms with E-state index < -0.39 is 30.8 Å². The van der Waals surface area contributed by atoms with Crippen LogP contribution in [-0.4, -0.2) is 93.0 Å². The zero-order valence-corrected chi connectivity index (χ0v) is 38.6. The quantitative estimate of drug-likeness (QED) is 0.0914. The van der Waals surface area contributed by atoms with Gasteiger partial charge < -0.3 is 25.4 Å². The first-order valence-corrected chi connectivity index (χ1v) is 23.3. The summed E-state index contributed by atoms with van der Waals surface area (Å²) in [5.74, 6) is -0.216. The molecule has 5 aromatic rings. The normalized spacial score (nSPS) is 16.4. The molecule has 3 N–H and O–H groups in total. The molecule has 352 valence electrons. The second-order valence-corrected chi connectivity index (χ2v) is 20.2. The molecule has 66 heavy (non-hydrogen) atoms. The number of allylic oxidation sites excluding steroid dienone is 1. The smallest absolute Gasteiger partial charge is 0.410 e. The Morgan fingerprint density at radius 3 is 1.95 bits per heavy atom. The number of hydrogen-bond acceptors (Lipinski definition) is 12. The number of carbonyl (C=O) groups excluding carboxylic acids is 2. The molecular formula is C47H51F6N7O4S2. The number of benzene rings is 1. The number of amides is 1. The summed E-state index contributed by atoms with van der Waals surface area (Å²) < 4.78 is 82.6. The zero-order valence-electron chi connectivity index (χ0n) is 37.0. The van der Waals surface area contributed by atoms with Gasteiger partial charge in [0.2, 0.25) is 0 Å². The van der Waals surface area contributed by atoms with Gasteiger partial charge in [-0.05, 0) is 88.3 Å². The van der Waals surface area contributed by atoms with Crippen LogP contribution in [0.5, 0.6) is 0 Å². The average Bonchev–Trinajstić information content (AvgIpc) is 3.96. The summed E-state index contributed by atoms with van der Waals surface area (Å²) in [6.45, 7) is 10.2. The van der Waals surface area contributed by atoms with E-state index in [1.807, 2.05) is 26.8 Å². The van der Waals surface area contributed by atoms with Crippen LogP contribution >= 0.6 is 22.7 Å². The number of fused-ring (bicyclic) bond motifs is 3. The molecule has 0 radical (unpaired) electrons. The fraction of sp³-hybridized carbons (Fsp3) is 0.468. The van der Waals surface area contributed by atoms with Crippen molar-refractivity contribution in [2.45, 2.75) is 116 Å². The first-order valence-electron chi connectivity index (χ1n) is 21.7. The maximum Gasteiger partial charge on any atom is 0.410 e. The third kappa shape index (κ3) is 12.6. The van der Waals surface area contributed by atoms with Gasteiger partial charge in [-0.15, -0.1) is 22.7 Å². The second kappa shape index (κ2) is 19.9. The molecular weight excluding hydrogens is 905 g/mol. The lowest BCUT2D eigenvalue weighted by molar-refractivity contribution is -0.127. The van der Waals surface area contributed by atoms with Gasteiger partial charge in [0.15, 0.2) is 5.78 Å². The first kappa shape index (κ1) is 48.6. The predicted molar refractivity (Wildman–Crippen MR) is 245 cm³/mol. The number of aromatic nitrogens is 2. The van der Waals surface area contributed by atoms with Crippen molar-refractivity contribution in [1.82, 2.24) is 19.8 Å². The van der Waals surface area contributed by atoms with Gasteiger partial charge in [0.1, 0.15) is 15.3 Å². The Labute approximate surface area is 386 Å². The number of aliphatic hydroxyl groups excluding tert-OH is 1. The van der Waals surface area contributed by atoms with Gasteiger partial charge in [0, 0.05) is 95.3 Å². The number of nitrogens with zero attached hydrogens (tertiary/aromatic N) is 5. The van der Waals surface area contributed by atoms with E-state index in [1.165, 1.54) is 30.3 Å². The molecule has 1 aromatic carbocycles. The van der Waals surface area contributed by atoms with Crippen LogP contribution < -0.4 is 10.6 Å². The number of pyridine rings is 2. The molecule has 0 spiro atoms. The van der Waals surface area contributed by atoms with E-state index in [1.54, 1.807) is 17.2 Å². The molecule has 0 bridgehead atoms. The van der Waals surface area contributed by atoms with E-state index in [2.05, 4.69) is 49.8 Å². The Hall–Kier alpha value is -5.29. The SMILES string of the molecule is CC(=O)c1cnc2sc(CC(F)(F)F)cc2c1NC1CCN(C(=O)OC(C)(C)C)CC1.N#CC1=Cc2cc(CN3CCC(Nc4c(CO)cnc5sc(CC(F)(F)F)cc45)CC3)ccc2C1. The molecule has 3 aliphatic rings. The molecule has 1 aliphatic carbocycles. The fourth-order valence-corrected chi connectivity index (χ4v) is 10.5. The van der Waals surface area contributed by atoms with Crippen LogP contribution in [0, 0.1) is 11.3 Å². The van der Waals surface area contributed by atoms with Gasteiger partial charge in [0.25, 0.3) is 0 Å². The van der Waals surface area contributed by atoms with Gasteiger partial charge in [-0.1, -0.05) is 18.2 Å². The number of piperidine rings is 2. The Balaban J connectivity index is 0.000000198. The molecule has 0 atom stereocenters. The third-order valence-corrected chi connectivity index (χ3v) is 13.6. The van der Waals surface area contributed by atoms with E-state index in [0.29, 0.717) is 75.3 Å². The number of halogens is 6. The summed E-state index contributed by atoms with van der Waals surface area (Å²) in [5.41, 5.74) is 5.93. The van der Waals surface area contributed by atoms with Crippen LogP contribution in [0.2, 0.25) is 0 Å². The molecule has 2 saturated heterocycles. The summed E-state index contributed by atoms with van der Waals surface area (Å²) in [5, 5.41) is 27.0. The van der Waals surface area contributed by atoms with E-state index in [0.717, 1.165) is 66.3 Å². The summed E-state index contributed by atoms with van der Waals surface area (Å²) in [4.78, 5) is 38.3. The second-order valence-electron chi connectivity index (χ2n) is 17.9. The lowest BCUT2D eigenvalue weighted by Crippen LogP contribution is -2.44. The maximum absolute atomic E-state index is 12.9. The number of nitriles is 1. The van der Waals surface area contributed by atoms with Crippen LogP contribution in [0.15, 0.2) is 48.3 Å². The molecule has 11 nitrogen and oxygen atoms in total. The largest absolute Gasteiger partial charge is 0.444 e. The minimum absolute atomic E-state index is 0.0339. The Morgan fingerprint density at radius 2 is 1.41 bits per heavy atom. The molecule has 0 unspecified atom stereocenters. The highest BCUT2D eigenvalue weighted by Gasteiger charge is 2.32. The van der Waals surface area contributed by atoms with Crippen LogP contribution in [0.25, 0.3) is 26.5 Å². The molecule has 1 amide bonds. The van der Waals surface area contributed by atoms with Crippen molar-refractivity contribution in [1.29, 1.82) is 5.26 Å². The Morgan fingerprint density at radius 1 is 0.848 bits per heavy atom. The number of anilines is 2. The number of carbonyl (C=O) groups is 2. The summed E-state index contributed by atoms with van der Waals surface area (Å²) in [7, 11) is 0. The lowest BCUT2D eigenvalue weighted by Gasteiger charge is -2.34. The van der Waals surface area contributed by atoms with Gasteiger partial charge in [-0.25, -0.2) is 14.8 Å². The van der Waals surface area contributed by atoms with Gasteiger partial charge in [-0.2, -0.15) is 31.6 Å². The minimum atomic E-state index is -4.31. The highest BCUT2D eigenvalue weighted by atomic mass is 32.1. The number of ketones is 1. The van der Waals surface area contributed by atoms with Crippen LogP contribution in [-0.2, 0) is 37.2 Å². The lowest BCUT2D eigenvalue weighted by atomic mass is 10.0. The van der Waals surface area contributed by atoms with Crippen molar-refractivity contribution in [3.63, 3.8) is 0 Å². The molecule has 2 aliphatic heterocycles. The van der Waals surface area contributed by atoms with Crippen LogP contribution in [0.3, 0.4) is 0 Å². The Bertz CT molecular complexity index is 2650. The highest BCUT2D eigenvalue weighted by molar-refractivity contribution is 7.19. The molecule has 6 heterocycles. The van der Waals surface area contributed by atoms with Crippen molar-refractivity contribution in [2.24, 2.45) is 0 Å². The van der Waals surface area contributed by atoms with Gasteiger partial charge in [0.05, 0.1) is 42.5 Å². The number of rotatable bonds is 10. The van der Waals surface area contributed by atoms with E-state index in [9.17, 15) is 41.0 Å². The molecule has 0 saturated carbocycles. The fourth-order valence-electron chi connectivity index (χ4n) is 8.39. The summed E-state index contributed by atoms with van der Waals surface area (Å²) >= 11 is 2.03. The van der Waals surface area contributed by atoms with Gasteiger partial charge >= 0.3 is 18.4 Å². The van der Waals surface area contributed by atoms with Crippen molar-refractivity contribution in [3.8, 4) is 6.07 Å². The average molecular weight is 956 g/mol. The topological polar surface area (TPSA) is 144 Å². The number of alkyl halides is 6. The minimum Gasteiger partial charge on any atom is -0.444 e. The van der Waals surface area contributed by atoms with Crippen molar-refractivity contribution < 1.29 is 45.8 Å².